The first-order valence-corrected chi connectivity index (χ1v) is 4.56. The van der Waals surface area contributed by atoms with Crippen molar-refractivity contribution in [3.63, 3.8) is 0 Å². The van der Waals surface area contributed by atoms with E-state index in [1.807, 2.05) is 0 Å². The molecule has 0 bridgehead atoms. The van der Waals surface area contributed by atoms with Crippen molar-refractivity contribution in [2.24, 2.45) is 5.92 Å². The molecule has 5 heteroatoms. The minimum absolute atomic E-state index is 0.204. The molecule has 0 spiro atoms. The fourth-order valence-electron chi connectivity index (χ4n) is 1.40. The summed E-state index contributed by atoms with van der Waals surface area (Å²) >= 11 is 0. The summed E-state index contributed by atoms with van der Waals surface area (Å²) in [5.74, 6) is -1.87. The Morgan fingerprint density at radius 1 is 1.50 bits per heavy atom. The number of rotatable bonds is 4. The predicted octanol–water partition coefficient (Wildman–Crippen LogP) is 0.128. The van der Waals surface area contributed by atoms with Gasteiger partial charge in [-0.05, 0) is 13.3 Å². The molecule has 0 radical (unpaired) electrons. The Morgan fingerprint density at radius 3 is 2.79 bits per heavy atom. The van der Waals surface area contributed by atoms with Crippen LogP contribution in [0.2, 0.25) is 0 Å². The molecular formula is C9H14O5. The van der Waals surface area contributed by atoms with E-state index in [2.05, 4.69) is 4.74 Å². The Bertz CT molecular complexity index is 225. The zero-order valence-corrected chi connectivity index (χ0v) is 8.32. The Hall–Kier alpha value is -0.940. The molecule has 1 saturated heterocycles. The molecule has 80 valence electrons. The van der Waals surface area contributed by atoms with Gasteiger partial charge in [-0.3, -0.25) is 4.79 Å². The van der Waals surface area contributed by atoms with E-state index in [0.717, 1.165) is 0 Å². The molecule has 1 fully saturated rings. The summed E-state index contributed by atoms with van der Waals surface area (Å²) in [6.07, 6.45) is -0.0946. The van der Waals surface area contributed by atoms with Crippen molar-refractivity contribution in [2.75, 3.05) is 20.3 Å². The maximum Gasteiger partial charge on any atom is 0.375 e. The van der Waals surface area contributed by atoms with E-state index in [1.54, 1.807) is 6.92 Å². The highest BCUT2D eigenvalue weighted by atomic mass is 16.7. The van der Waals surface area contributed by atoms with Crippen LogP contribution in [0.25, 0.3) is 0 Å². The molecule has 2 unspecified atom stereocenters. The van der Waals surface area contributed by atoms with E-state index in [0.29, 0.717) is 13.0 Å². The maximum atomic E-state index is 11.5. The van der Waals surface area contributed by atoms with E-state index in [4.69, 9.17) is 9.47 Å². The van der Waals surface area contributed by atoms with Gasteiger partial charge in [-0.2, -0.15) is 0 Å². The maximum absolute atomic E-state index is 11.5. The highest BCUT2D eigenvalue weighted by Gasteiger charge is 2.38. The van der Waals surface area contributed by atoms with Crippen molar-refractivity contribution in [3.05, 3.63) is 0 Å². The van der Waals surface area contributed by atoms with Crippen LogP contribution in [-0.2, 0) is 23.8 Å². The van der Waals surface area contributed by atoms with Gasteiger partial charge in [0.1, 0.15) is 0 Å². The van der Waals surface area contributed by atoms with Gasteiger partial charge in [0.25, 0.3) is 0 Å². The van der Waals surface area contributed by atoms with Crippen LogP contribution < -0.4 is 0 Å². The van der Waals surface area contributed by atoms with E-state index >= 15 is 0 Å². The highest BCUT2D eigenvalue weighted by molar-refractivity contribution is 6.34. The quantitative estimate of drug-likeness (QED) is 0.479. The standard InChI is InChI=1S/C9H14O5/c1-3-13-8(11)7(10)6-4-5-14-9(6)12-2/h6,9H,3-5H2,1-2H3. The lowest BCUT2D eigenvalue weighted by atomic mass is 10.0. The number of Topliss-reactive ketones (excluding diaryl/α,β-unsaturated/α-hetero) is 1. The van der Waals surface area contributed by atoms with Crippen LogP contribution in [0.3, 0.4) is 0 Å². The second kappa shape index (κ2) is 5.07. The number of hydrogen-bond acceptors (Lipinski definition) is 5. The van der Waals surface area contributed by atoms with E-state index < -0.39 is 24.0 Å². The highest BCUT2D eigenvalue weighted by Crippen LogP contribution is 2.22. The van der Waals surface area contributed by atoms with Gasteiger partial charge in [0, 0.05) is 7.11 Å². The van der Waals surface area contributed by atoms with Gasteiger partial charge < -0.3 is 14.2 Å². The molecule has 1 rings (SSSR count). The average molecular weight is 202 g/mol. The van der Waals surface area contributed by atoms with Crippen LogP contribution in [-0.4, -0.2) is 38.4 Å². The summed E-state index contributed by atoms with van der Waals surface area (Å²) in [6, 6.07) is 0. The van der Waals surface area contributed by atoms with Crippen LogP contribution in [0.1, 0.15) is 13.3 Å². The second-order valence-corrected chi connectivity index (χ2v) is 2.95. The van der Waals surface area contributed by atoms with Gasteiger partial charge in [0.2, 0.25) is 5.78 Å². The van der Waals surface area contributed by atoms with Gasteiger partial charge >= 0.3 is 5.97 Å². The third-order valence-electron chi connectivity index (χ3n) is 2.09. The van der Waals surface area contributed by atoms with Crippen molar-refractivity contribution >= 4 is 11.8 Å². The molecule has 0 aromatic carbocycles. The van der Waals surface area contributed by atoms with Crippen molar-refractivity contribution in [1.29, 1.82) is 0 Å². The second-order valence-electron chi connectivity index (χ2n) is 2.95. The number of carbonyl (C=O) groups is 2. The third-order valence-corrected chi connectivity index (χ3v) is 2.09. The first-order chi connectivity index (χ1) is 6.70. The average Bonchev–Trinajstić information content (AvgIpc) is 2.64. The lowest BCUT2D eigenvalue weighted by molar-refractivity contribution is -0.162. The number of ether oxygens (including phenoxy) is 3. The Kier molecular flexibility index (Phi) is 4.03. The molecule has 1 heterocycles. The van der Waals surface area contributed by atoms with Gasteiger partial charge in [0.15, 0.2) is 6.29 Å². The molecule has 1 aliphatic heterocycles. The first kappa shape index (κ1) is 11.1. The summed E-state index contributed by atoms with van der Waals surface area (Å²) < 4.78 is 14.6. The van der Waals surface area contributed by atoms with Gasteiger partial charge in [0.05, 0.1) is 19.1 Å². The van der Waals surface area contributed by atoms with Crippen LogP contribution in [0.4, 0.5) is 0 Å². The zero-order valence-electron chi connectivity index (χ0n) is 8.32. The Labute approximate surface area is 82.3 Å². The SMILES string of the molecule is CCOC(=O)C(=O)C1CCOC1OC. The molecule has 2 atom stereocenters. The largest absolute Gasteiger partial charge is 0.460 e. The molecule has 0 aliphatic carbocycles. The zero-order chi connectivity index (χ0) is 10.6. The van der Waals surface area contributed by atoms with Crippen molar-refractivity contribution in [3.8, 4) is 0 Å². The van der Waals surface area contributed by atoms with E-state index in [1.165, 1.54) is 7.11 Å². The van der Waals surface area contributed by atoms with Crippen LogP contribution in [0, 0.1) is 5.92 Å². The van der Waals surface area contributed by atoms with Gasteiger partial charge in [-0.1, -0.05) is 0 Å². The minimum atomic E-state index is -0.801. The van der Waals surface area contributed by atoms with Gasteiger partial charge in [-0.15, -0.1) is 0 Å². The minimum Gasteiger partial charge on any atom is -0.460 e. The number of esters is 1. The number of hydrogen-bond donors (Lipinski definition) is 0. The lowest BCUT2D eigenvalue weighted by Gasteiger charge is -2.14. The molecule has 0 saturated carbocycles. The predicted molar refractivity (Wildman–Crippen MR) is 46.5 cm³/mol. The summed E-state index contributed by atoms with van der Waals surface area (Å²) in [5.41, 5.74) is 0. The molecular weight excluding hydrogens is 188 g/mol. The molecule has 0 amide bonds. The number of methoxy groups -OCH3 is 1. The fraction of sp³-hybridized carbons (Fsp3) is 0.778. The topological polar surface area (TPSA) is 61.8 Å². The summed E-state index contributed by atoms with van der Waals surface area (Å²) in [5, 5.41) is 0. The molecule has 0 aromatic rings. The molecule has 1 aliphatic rings. The van der Waals surface area contributed by atoms with Crippen LogP contribution in [0.15, 0.2) is 0 Å². The smallest absolute Gasteiger partial charge is 0.375 e. The molecule has 0 aromatic heterocycles. The van der Waals surface area contributed by atoms with Crippen molar-refractivity contribution in [1.82, 2.24) is 0 Å². The monoisotopic (exact) mass is 202 g/mol. The van der Waals surface area contributed by atoms with E-state index in [-0.39, 0.29) is 6.61 Å². The first-order valence-electron chi connectivity index (χ1n) is 4.56. The van der Waals surface area contributed by atoms with Crippen LogP contribution >= 0.6 is 0 Å². The number of carbonyl (C=O) groups excluding carboxylic acids is 2. The third kappa shape index (κ3) is 2.30. The summed E-state index contributed by atoms with van der Waals surface area (Å²) in [6.45, 7) is 2.30. The Balaban J connectivity index is 2.55. The van der Waals surface area contributed by atoms with E-state index in [9.17, 15) is 9.59 Å². The number of ketones is 1. The fourth-order valence-corrected chi connectivity index (χ4v) is 1.40. The Morgan fingerprint density at radius 2 is 2.21 bits per heavy atom. The normalized spacial score (nSPS) is 26.1. The summed E-state index contributed by atoms with van der Waals surface area (Å²) in [4.78, 5) is 22.6. The van der Waals surface area contributed by atoms with Crippen molar-refractivity contribution < 1.29 is 23.8 Å². The van der Waals surface area contributed by atoms with Crippen molar-refractivity contribution in [2.45, 2.75) is 19.6 Å². The molecule has 5 nitrogen and oxygen atoms in total. The lowest BCUT2D eigenvalue weighted by Crippen LogP contribution is -2.32. The molecule has 0 N–H and O–H groups in total. The van der Waals surface area contributed by atoms with Gasteiger partial charge in [-0.25, -0.2) is 4.79 Å². The van der Waals surface area contributed by atoms with Crippen LogP contribution in [0.5, 0.6) is 0 Å². The summed E-state index contributed by atoms with van der Waals surface area (Å²) in [7, 11) is 1.45. The molecule has 14 heavy (non-hydrogen) atoms.